The average molecular weight is 528 g/mol. The van der Waals surface area contributed by atoms with Crippen LogP contribution >= 0.6 is 24.0 Å². The van der Waals surface area contributed by atoms with Gasteiger partial charge in [0.1, 0.15) is 0 Å². The van der Waals surface area contributed by atoms with Crippen molar-refractivity contribution < 1.29 is 0 Å². The Balaban J connectivity index is 0.00000272. The zero-order valence-corrected chi connectivity index (χ0v) is 20.1. The zero-order chi connectivity index (χ0) is 20.6. The van der Waals surface area contributed by atoms with E-state index in [1.54, 1.807) is 13.2 Å². The van der Waals surface area contributed by atoms with E-state index in [4.69, 9.17) is 0 Å². The number of guanidine groups is 1. The highest BCUT2D eigenvalue weighted by Gasteiger charge is 2.08. The molecule has 0 amide bonds. The topological polar surface area (TPSA) is 57.5 Å². The Morgan fingerprint density at radius 1 is 0.935 bits per heavy atom. The summed E-state index contributed by atoms with van der Waals surface area (Å²) in [6, 6.07) is 19.1. The number of nitrogens with one attached hydrogen (secondary N) is 2. The fraction of sp³-hybridized carbons (Fsp3) is 0.250. The van der Waals surface area contributed by atoms with E-state index >= 15 is 0 Å². The Kier molecular flexibility index (Phi) is 8.52. The number of aromatic nitrogens is 2. The van der Waals surface area contributed by atoms with E-state index in [0.29, 0.717) is 6.54 Å². The van der Waals surface area contributed by atoms with Crippen LogP contribution in [0.4, 0.5) is 5.69 Å². The first-order valence-corrected chi connectivity index (χ1v) is 10.3. The van der Waals surface area contributed by atoms with E-state index in [-0.39, 0.29) is 24.0 Å². The number of aliphatic imine (C=N–C) groups is 1. The van der Waals surface area contributed by atoms with Gasteiger partial charge in [0, 0.05) is 51.3 Å². The van der Waals surface area contributed by atoms with Crippen molar-refractivity contribution in [2.75, 3.05) is 25.0 Å². The molecule has 0 radical (unpaired) electrons. The first kappa shape index (κ1) is 22.9. The minimum absolute atomic E-state index is 0. The van der Waals surface area contributed by atoms with Crippen molar-refractivity contribution in [3.8, 4) is 0 Å². The summed E-state index contributed by atoms with van der Waals surface area (Å²) < 4.78 is 1.94. The van der Waals surface area contributed by atoms with Gasteiger partial charge >= 0.3 is 0 Å². The highest BCUT2D eigenvalue weighted by Crippen LogP contribution is 2.17. The predicted octanol–water partition coefficient (Wildman–Crippen LogP) is 3.79. The molecule has 0 bridgehead atoms. The molecule has 0 saturated heterocycles. The van der Waals surface area contributed by atoms with Gasteiger partial charge in [-0.1, -0.05) is 48.6 Å². The fourth-order valence-corrected chi connectivity index (χ4v) is 3.55. The lowest BCUT2D eigenvalue weighted by Gasteiger charge is -2.18. The summed E-state index contributed by atoms with van der Waals surface area (Å²) in [5.41, 5.74) is 4.98. The predicted molar refractivity (Wildman–Crippen MR) is 138 cm³/mol. The molecule has 1 aliphatic rings. The van der Waals surface area contributed by atoms with Gasteiger partial charge in [0.2, 0.25) is 0 Å². The molecular weight excluding hydrogens is 499 g/mol. The van der Waals surface area contributed by atoms with Crippen molar-refractivity contribution in [1.29, 1.82) is 0 Å². The fourth-order valence-electron chi connectivity index (χ4n) is 3.55. The van der Waals surface area contributed by atoms with E-state index in [1.165, 1.54) is 22.4 Å². The van der Waals surface area contributed by atoms with Crippen molar-refractivity contribution >= 4 is 35.6 Å². The maximum absolute atomic E-state index is 4.36. The summed E-state index contributed by atoms with van der Waals surface area (Å²) in [6.07, 6.45) is 8.20. The molecule has 3 aromatic rings. The van der Waals surface area contributed by atoms with Crippen LogP contribution in [0.1, 0.15) is 16.7 Å². The second-order valence-electron chi connectivity index (χ2n) is 7.29. The molecule has 6 nitrogen and oxygen atoms in total. The number of hydrogen-bond donors (Lipinski definition) is 2. The number of anilines is 1. The van der Waals surface area contributed by atoms with Gasteiger partial charge in [-0.25, -0.2) is 0 Å². The van der Waals surface area contributed by atoms with Crippen LogP contribution in [0.5, 0.6) is 0 Å². The lowest BCUT2D eigenvalue weighted by molar-refractivity contribution is 0.677. The molecule has 2 N–H and O–H groups in total. The van der Waals surface area contributed by atoms with E-state index in [0.717, 1.165) is 32.1 Å². The van der Waals surface area contributed by atoms with Crippen molar-refractivity contribution in [2.24, 2.45) is 4.99 Å². The van der Waals surface area contributed by atoms with E-state index in [1.807, 2.05) is 16.9 Å². The van der Waals surface area contributed by atoms with Crippen molar-refractivity contribution in [1.82, 2.24) is 20.4 Å². The smallest absolute Gasteiger partial charge is 0.191 e. The third-order valence-electron chi connectivity index (χ3n) is 5.26. The summed E-state index contributed by atoms with van der Waals surface area (Å²) in [7, 11) is 1.80. The molecule has 1 aliphatic heterocycles. The largest absolute Gasteiger partial charge is 0.364 e. The molecule has 31 heavy (non-hydrogen) atoms. The van der Waals surface area contributed by atoms with Crippen LogP contribution in [0.2, 0.25) is 0 Å². The van der Waals surface area contributed by atoms with Gasteiger partial charge in [0.25, 0.3) is 0 Å². The molecule has 2 aromatic carbocycles. The summed E-state index contributed by atoms with van der Waals surface area (Å²) in [5.74, 6) is 0.789. The molecule has 0 aliphatic carbocycles. The lowest BCUT2D eigenvalue weighted by atomic mass is 10.1. The quantitative estimate of drug-likeness (QED) is 0.212. The monoisotopic (exact) mass is 528 g/mol. The molecule has 0 atom stereocenters. The summed E-state index contributed by atoms with van der Waals surface area (Å²) >= 11 is 0. The molecule has 2 heterocycles. The third-order valence-corrected chi connectivity index (χ3v) is 5.26. The molecule has 7 heteroatoms. The van der Waals surface area contributed by atoms with Crippen LogP contribution in [0.3, 0.4) is 0 Å². The van der Waals surface area contributed by atoms with Gasteiger partial charge in [-0.15, -0.1) is 24.0 Å². The van der Waals surface area contributed by atoms with Gasteiger partial charge in [0.15, 0.2) is 5.96 Å². The third kappa shape index (κ3) is 6.33. The Morgan fingerprint density at radius 2 is 1.65 bits per heavy atom. The van der Waals surface area contributed by atoms with Gasteiger partial charge in [-0.05, 0) is 34.9 Å². The van der Waals surface area contributed by atoms with E-state index in [9.17, 15) is 0 Å². The Bertz CT molecular complexity index is 987. The number of halogens is 1. The molecule has 162 valence electrons. The van der Waals surface area contributed by atoms with Gasteiger partial charge in [0.05, 0.1) is 6.54 Å². The van der Waals surface area contributed by atoms with Crippen LogP contribution in [0.15, 0.2) is 84.1 Å². The van der Waals surface area contributed by atoms with Crippen LogP contribution in [-0.2, 0) is 19.6 Å². The standard InChI is InChI=1S/C24H28N6.HI/c1-25-24(26-17-20-9-11-23(12-10-20)29-14-4-5-15-29)27-18-21-7-2-3-8-22(21)19-30-16-6-13-28-30;/h2-13,16H,14-15,17-19H2,1H3,(H2,25,26,27);1H. The first-order chi connectivity index (χ1) is 14.8. The minimum atomic E-state index is 0. The van der Waals surface area contributed by atoms with Crippen molar-refractivity contribution in [2.45, 2.75) is 19.6 Å². The number of benzene rings is 2. The van der Waals surface area contributed by atoms with Crippen LogP contribution in [0.25, 0.3) is 0 Å². The van der Waals surface area contributed by atoms with E-state index < -0.39 is 0 Å². The number of rotatable bonds is 7. The molecule has 4 rings (SSSR count). The van der Waals surface area contributed by atoms with Crippen molar-refractivity contribution in [3.05, 3.63) is 95.8 Å². The number of nitrogens with zero attached hydrogens (tertiary/aromatic N) is 4. The second-order valence-corrected chi connectivity index (χ2v) is 7.29. The van der Waals surface area contributed by atoms with Gasteiger partial charge in [-0.2, -0.15) is 5.10 Å². The van der Waals surface area contributed by atoms with Crippen LogP contribution in [0, 0.1) is 0 Å². The lowest BCUT2D eigenvalue weighted by Crippen LogP contribution is -2.36. The molecular formula is C24H29IN6. The number of hydrogen-bond acceptors (Lipinski definition) is 3. The second kappa shape index (κ2) is 11.5. The maximum Gasteiger partial charge on any atom is 0.191 e. The van der Waals surface area contributed by atoms with Crippen LogP contribution < -0.4 is 15.5 Å². The Labute approximate surface area is 201 Å². The zero-order valence-electron chi connectivity index (χ0n) is 17.7. The van der Waals surface area contributed by atoms with Crippen LogP contribution in [-0.4, -0.2) is 35.9 Å². The van der Waals surface area contributed by atoms with Gasteiger partial charge < -0.3 is 15.5 Å². The highest BCUT2D eigenvalue weighted by molar-refractivity contribution is 14.0. The Morgan fingerprint density at radius 3 is 2.32 bits per heavy atom. The molecule has 0 fully saturated rings. The van der Waals surface area contributed by atoms with Gasteiger partial charge in [-0.3, -0.25) is 9.67 Å². The van der Waals surface area contributed by atoms with E-state index in [2.05, 4.69) is 86.3 Å². The highest BCUT2D eigenvalue weighted by atomic mass is 127. The van der Waals surface area contributed by atoms with Crippen molar-refractivity contribution in [3.63, 3.8) is 0 Å². The summed E-state index contributed by atoms with van der Waals surface area (Å²) in [5, 5.41) is 11.1. The summed E-state index contributed by atoms with van der Waals surface area (Å²) in [4.78, 5) is 6.71. The molecule has 0 spiro atoms. The molecule has 1 aromatic heterocycles. The maximum atomic E-state index is 4.36. The molecule has 0 unspecified atom stereocenters. The average Bonchev–Trinajstić information content (AvgIpc) is 3.50. The Hall–Kier alpha value is -2.81. The SMILES string of the molecule is CN=C(NCc1ccc(N2CC=CC2)cc1)NCc1ccccc1Cn1cccn1.I. The first-order valence-electron chi connectivity index (χ1n) is 10.3. The molecule has 0 saturated carbocycles. The summed E-state index contributed by atoms with van der Waals surface area (Å²) in [6.45, 7) is 4.19. The normalized spacial score (nSPS) is 13.2. The minimum Gasteiger partial charge on any atom is -0.364 e.